The van der Waals surface area contributed by atoms with Gasteiger partial charge in [0.05, 0.1) is 5.52 Å². The number of para-hydroxylation sites is 1. The summed E-state index contributed by atoms with van der Waals surface area (Å²) < 4.78 is 0. The van der Waals surface area contributed by atoms with Crippen molar-refractivity contribution in [2.24, 2.45) is 5.73 Å². The van der Waals surface area contributed by atoms with E-state index in [2.05, 4.69) is 41.4 Å². The highest BCUT2D eigenvalue weighted by Crippen LogP contribution is 2.21. The van der Waals surface area contributed by atoms with Crippen molar-refractivity contribution in [2.45, 2.75) is 18.9 Å². The molecule has 2 aromatic carbocycles. The smallest absolute Gasteiger partial charge is 0.0733 e. The normalized spacial score (nSPS) is 12.4. The van der Waals surface area contributed by atoms with Crippen LogP contribution in [0.25, 0.3) is 10.9 Å². The molecule has 0 spiro atoms. The number of hydrogen-bond donors (Lipinski definition) is 1. The third-order valence-electron chi connectivity index (χ3n) is 3.67. The first kappa shape index (κ1) is 12.8. The number of benzene rings is 2. The molecule has 0 saturated carbocycles. The van der Waals surface area contributed by atoms with Crippen molar-refractivity contribution in [3.8, 4) is 0 Å². The van der Waals surface area contributed by atoms with Gasteiger partial charge in [-0.25, -0.2) is 0 Å². The molecule has 1 aromatic heterocycles. The van der Waals surface area contributed by atoms with Gasteiger partial charge < -0.3 is 5.73 Å². The standard InChI is InChI=1S/C18H18N2/c19-17(14-6-2-1-3-7-14)12-11-16-9-4-8-15-10-5-13-20-18(15)16/h1-10,13,17H,11-12,19H2. The predicted octanol–water partition coefficient (Wildman–Crippen LogP) is 3.87. The SMILES string of the molecule is NC(CCc1cccc2cccnc12)c1ccccc1. The highest BCUT2D eigenvalue weighted by molar-refractivity contribution is 5.81. The second-order valence-corrected chi connectivity index (χ2v) is 5.05. The summed E-state index contributed by atoms with van der Waals surface area (Å²) in [6, 6.07) is 20.8. The van der Waals surface area contributed by atoms with Gasteiger partial charge >= 0.3 is 0 Å². The van der Waals surface area contributed by atoms with Crippen molar-refractivity contribution >= 4 is 10.9 Å². The van der Waals surface area contributed by atoms with Gasteiger partial charge in [0.25, 0.3) is 0 Å². The Balaban J connectivity index is 1.77. The Labute approximate surface area is 119 Å². The van der Waals surface area contributed by atoms with Crippen molar-refractivity contribution in [1.29, 1.82) is 0 Å². The number of nitrogens with zero attached hydrogens (tertiary/aromatic N) is 1. The summed E-state index contributed by atoms with van der Waals surface area (Å²) in [5.74, 6) is 0. The number of pyridine rings is 1. The zero-order valence-corrected chi connectivity index (χ0v) is 11.4. The fourth-order valence-electron chi connectivity index (χ4n) is 2.55. The van der Waals surface area contributed by atoms with Gasteiger partial charge in [0.15, 0.2) is 0 Å². The van der Waals surface area contributed by atoms with Crippen LogP contribution in [0, 0.1) is 0 Å². The maximum atomic E-state index is 6.27. The minimum Gasteiger partial charge on any atom is -0.324 e. The molecule has 3 rings (SSSR count). The third kappa shape index (κ3) is 2.70. The van der Waals surface area contributed by atoms with E-state index in [9.17, 15) is 0 Å². The molecule has 2 heteroatoms. The lowest BCUT2D eigenvalue weighted by Gasteiger charge is -2.12. The molecule has 0 amide bonds. The minimum atomic E-state index is 0.0789. The summed E-state index contributed by atoms with van der Waals surface area (Å²) in [6.45, 7) is 0. The second kappa shape index (κ2) is 5.85. The Bertz CT molecular complexity index is 687. The monoisotopic (exact) mass is 262 g/mol. The largest absolute Gasteiger partial charge is 0.324 e. The molecule has 0 radical (unpaired) electrons. The van der Waals surface area contributed by atoms with Crippen molar-refractivity contribution in [3.63, 3.8) is 0 Å². The summed E-state index contributed by atoms with van der Waals surface area (Å²) in [5, 5.41) is 1.19. The first-order valence-corrected chi connectivity index (χ1v) is 6.98. The Morgan fingerprint density at radius 1 is 0.900 bits per heavy atom. The van der Waals surface area contributed by atoms with Gasteiger partial charge in [-0.05, 0) is 30.0 Å². The molecule has 0 aliphatic rings. The Kier molecular flexibility index (Phi) is 3.75. The van der Waals surface area contributed by atoms with Gasteiger partial charge in [0.1, 0.15) is 0 Å². The molecule has 0 aliphatic heterocycles. The zero-order valence-electron chi connectivity index (χ0n) is 11.4. The van der Waals surface area contributed by atoms with E-state index in [1.54, 1.807) is 0 Å². The van der Waals surface area contributed by atoms with Crippen LogP contribution in [0.1, 0.15) is 23.6 Å². The number of rotatable bonds is 4. The highest BCUT2D eigenvalue weighted by Gasteiger charge is 2.07. The van der Waals surface area contributed by atoms with Crippen molar-refractivity contribution in [3.05, 3.63) is 78.0 Å². The van der Waals surface area contributed by atoms with Crippen LogP contribution in [0.5, 0.6) is 0 Å². The second-order valence-electron chi connectivity index (χ2n) is 5.05. The van der Waals surface area contributed by atoms with E-state index < -0.39 is 0 Å². The van der Waals surface area contributed by atoms with Crippen molar-refractivity contribution in [1.82, 2.24) is 4.98 Å². The van der Waals surface area contributed by atoms with Gasteiger partial charge in [-0.3, -0.25) is 4.98 Å². The Morgan fingerprint density at radius 2 is 1.70 bits per heavy atom. The lowest BCUT2D eigenvalue weighted by molar-refractivity contribution is 0.653. The minimum absolute atomic E-state index is 0.0789. The molecule has 3 aromatic rings. The average molecular weight is 262 g/mol. The van der Waals surface area contributed by atoms with Crippen LogP contribution in [-0.4, -0.2) is 4.98 Å². The van der Waals surface area contributed by atoms with E-state index in [1.165, 1.54) is 16.5 Å². The topological polar surface area (TPSA) is 38.9 Å². The van der Waals surface area contributed by atoms with Crippen LogP contribution in [0.2, 0.25) is 0 Å². The Hall–Kier alpha value is -2.19. The molecule has 1 heterocycles. The zero-order chi connectivity index (χ0) is 13.8. The molecule has 1 atom stereocenters. The molecule has 0 aliphatic carbocycles. The molecular formula is C18H18N2. The van der Waals surface area contributed by atoms with Crippen molar-refractivity contribution < 1.29 is 0 Å². The molecular weight excluding hydrogens is 244 g/mol. The lowest BCUT2D eigenvalue weighted by atomic mass is 9.98. The Morgan fingerprint density at radius 3 is 2.55 bits per heavy atom. The van der Waals surface area contributed by atoms with Gasteiger partial charge in [-0.15, -0.1) is 0 Å². The summed E-state index contributed by atoms with van der Waals surface area (Å²) >= 11 is 0. The van der Waals surface area contributed by atoms with Crippen LogP contribution in [0.15, 0.2) is 66.9 Å². The summed E-state index contributed by atoms with van der Waals surface area (Å²) in [7, 11) is 0. The lowest BCUT2D eigenvalue weighted by Crippen LogP contribution is -2.11. The number of nitrogens with two attached hydrogens (primary N) is 1. The maximum absolute atomic E-state index is 6.27. The number of fused-ring (bicyclic) bond motifs is 1. The molecule has 2 N–H and O–H groups in total. The van der Waals surface area contributed by atoms with E-state index in [1.807, 2.05) is 30.5 Å². The summed E-state index contributed by atoms with van der Waals surface area (Å²) in [4.78, 5) is 4.49. The fourth-order valence-corrected chi connectivity index (χ4v) is 2.55. The first-order valence-electron chi connectivity index (χ1n) is 6.98. The molecule has 1 unspecified atom stereocenters. The molecule has 2 nitrogen and oxygen atoms in total. The van der Waals surface area contributed by atoms with E-state index in [4.69, 9.17) is 5.73 Å². The van der Waals surface area contributed by atoms with Crippen LogP contribution < -0.4 is 5.73 Å². The van der Waals surface area contributed by atoms with E-state index in [0.717, 1.165) is 18.4 Å². The fraction of sp³-hybridized carbons (Fsp3) is 0.167. The van der Waals surface area contributed by atoms with Gasteiger partial charge in [-0.1, -0.05) is 54.6 Å². The molecule has 0 saturated heterocycles. The van der Waals surface area contributed by atoms with E-state index >= 15 is 0 Å². The van der Waals surface area contributed by atoms with Crippen LogP contribution in [-0.2, 0) is 6.42 Å². The summed E-state index contributed by atoms with van der Waals surface area (Å²) in [6.07, 6.45) is 3.73. The van der Waals surface area contributed by atoms with Crippen LogP contribution >= 0.6 is 0 Å². The average Bonchev–Trinajstić information content (AvgIpc) is 2.53. The van der Waals surface area contributed by atoms with E-state index in [-0.39, 0.29) is 6.04 Å². The third-order valence-corrected chi connectivity index (χ3v) is 3.67. The van der Waals surface area contributed by atoms with E-state index in [0.29, 0.717) is 0 Å². The van der Waals surface area contributed by atoms with Crippen LogP contribution in [0.4, 0.5) is 0 Å². The maximum Gasteiger partial charge on any atom is 0.0733 e. The van der Waals surface area contributed by atoms with Gasteiger partial charge in [0.2, 0.25) is 0 Å². The molecule has 0 bridgehead atoms. The van der Waals surface area contributed by atoms with Crippen LogP contribution in [0.3, 0.4) is 0 Å². The predicted molar refractivity (Wildman–Crippen MR) is 83.4 cm³/mol. The number of aryl methyl sites for hydroxylation is 1. The summed E-state index contributed by atoms with van der Waals surface area (Å²) in [5.41, 5.74) is 9.83. The first-order chi connectivity index (χ1) is 9.84. The van der Waals surface area contributed by atoms with Gasteiger partial charge in [0, 0.05) is 17.6 Å². The number of aromatic nitrogens is 1. The quantitative estimate of drug-likeness (QED) is 0.775. The molecule has 20 heavy (non-hydrogen) atoms. The number of hydrogen-bond acceptors (Lipinski definition) is 2. The van der Waals surface area contributed by atoms with Gasteiger partial charge in [-0.2, -0.15) is 0 Å². The highest BCUT2D eigenvalue weighted by atomic mass is 14.7. The molecule has 100 valence electrons. The molecule has 0 fully saturated rings. The van der Waals surface area contributed by atoms with Crippen molar-refractivity contribution in [2.75, 3.05) is 0 Å².